The summed E-state index contributed by atoms with van der Waals surface area (Å²) in [6, 6.07) is 3.65. The molecular formula is C13H19N3OS. The molecule has 1 aliphatic heterocycles. The molecule has 0 spiro atoms. The first-order chi connectivity index (χ1) is 8.75. The minimum Gasteiger partial charge on any atom is -0.491 e. The van der Waals surface area contributed by atoms with E-state index in [9.17, 15) is 0 Å². The van der Waals surface area contributed by atoms with E-state index >= 15 is 0 Å². The molecule has 2 N–H and O–H groups in total. The Balaban J connectivity index is 1.74. The first-order valence-corrected chi connectivity index (χ1v) is 6.77. The second-order valence-corrected chi connectivity index (χ2v) is 4.93. The van der Waals surface area contributed by atoms with Gasteiger partial charge < -0.3 is 10.5 Å². The molecule has 2 heterocycles. The van der Waals surface area contributed by atoms with Gasteiger partial charge in [0.15, 0.2) is 0 Å². The van der Waals surface area contributed by atoms with Crippen LogP contribution in [0.25, 0.3) is 0 Å². The average molecular weight is 265 g/mol. The number of hydrogen-bond acceptors (Lipinski definition) is 4. The van der Waals surface area contributed by atoms with Crippen LogP contribution in [0.5, 0.6) is 5.75 Å². The number of likely N-dealkylation sites (tertiary alicyclic amines) is 1. The summed E-state index contributed by atoms with van der Waals surface area (Å²) in [7, 11) is 0. The molecule has 0 atom stereocenters. The van der Waals surface area contributed by atoms with Crippen molar-refractivity contribution < 1.29 is 4.74 Å². The van der Waals surface area contributed by atoms with Gasteiger partial charge in [0.2, 0.25) is 0 Å². The lowest BCUT2D eigenvalue weighted by atomic mass is 10.1. The van der Waals surface area contributed by atoms with E-state index in [1.165, 1.54) is 32.4 Å². The Labute approximate surface area is 113 Å². The highest BCUT2D eigenvalue weighted by Crippen LogP contribution is 2.11. The number of hydrogen-bond donors (Lipinski definition) is 1. The molecule has 2 rings (SSSR count). The first-order valence-electron chi connectivity index (χ1n) is 6.37. The fraction of sp³-hybridized carbons (Fsp3) is 0.538. The Morgan fingerprint density at radius 3 is 2.72 bits per heavy atom. The summed E-state index contributed by atoms with van der Waals surface area (Å²) in [4.78, 5) is 6.90. The van der Waals surface area contributed by atoms with Crippen molar-refractivity contribution in [3.63, 3.8) is 0 Å². The fourth-order valence-electron chi connectivity index (χ4n) is 2.09. The van der Waals surface area contributed by atoms with E-state index < -0.39 is 0 Å². The van der Waals surface area contributed by atoms with Crippen LogP contribution in [0.4, 0.5) is 0 Å². The van der Waals surface area contributed by atoms with E-state index in [1.807, 2.05) is 6.07 Å². The van der Waals surface area contributed by atoms with Gasteiger partial charge in [0, 0.05) is 6.54 Å². The molecule has 0 radical (unpaired) electrons. The number of nitrogens with zero attached hydrogens (tertiary/aromatic N) is 2. The predicted octanol–water partition coefficient (Wildman–Crippen LogP) is 1.58. The standard InChI is InChI=1S/C13H19N3OS/c14-13(18)12-5-4-11(10-15-12)17-9-8-16-6-2-1-3-7-16/h4-5,10H,1-3,6-9H2,(H2,14,18). The number of thiocarbonyl (C=S) groups is 1. The molecule has 1 saturated heterocycles. The first kappa shape index (κ1) is 13.2. The highest BCUT2D eigenvalue weighted by molar-refractivity contribution is 7.80. The maximum absolute atomic E-state index is 5.66. The Bertz CT molecular complexity index is 388. The van der Waals surface area contributed by atoms with Crippen LogP contribution in [0.3, 0.4) is 0 Å². The van der Waals surface area contributed by atoms with Gasteiger partial charge in [-0.1, -0.05) is 18.6 Å². The molecule has 0 aromatic carbocycles. The summed E-state index contributed by atoms with van der Waals surface area (Å²) in [6.45, 7) is 4.08. The third kappa shape index (κ3) is 3.92. The minimum atomic E-state index is 0.315. The van der Waals surface area contributed by atoms with Gasteiger partial charge in [-0.3, -0.25) is 4.90 Å². The van der Waals surface area contributed by atoms with Crippen molar-refractivity contribution in [2.75, 3.05) is 26.2 Å². The molecule has 0 unspecified atom stereocenters. The molecular weight excluding hydrogens is 246 g/mol. The predicted molar refractivity (Wildman–Crippen MR) is 75.9 cm³/mol. The van der Waals surface area contributed by atoms with E-state index in [0.29, 0.717) is 17.3 Å². The maximum Gasteiger partial charge on any atom is 0.137 e. The second kappa shape index (κ2) is 6.66. The third-order valence-corrected chi connectivity index (χ3v) is 3.32. The average Bonchev–Trinajstić information content (AvgIpc) is 2.40. The van der Waals surface area contributed by atoms with E-state index in [4.69, 9.17) is 22.7 Å². The van der Waals surface area contributed by atoms with Gasteiger partial charge in [-0.25, -0.2) is 4.98 Å². The maximum atomic E-state index is 5.66. The van der Waals surface area contributed by atoms with Crippen molar-refractivity contribution in [3.05, 3.63) is 24.0 Å². The molecule has 18 heavy (non-hydrogen) atoms. The van der Waals surface area contributed by atoms with Crippen LogP contribution < -0.4 is 10.5 Å². The van der Waals surface area contributed by atoms with Gasteiger partial charge in [-0.2, -0.15) is 0 Å². The van der Waals surface area contributed by atoms with E-state index in [1.54, 1.807) is 12.3 Å². The number of piperidine rings is 1. The lowest BCUT2D eigenvalue weighted by Crippen LogP contribution is -2.33. The number of pyridine rings is 1. The van der Waals surface area contributed by atoms with Crippen molar-refractivity contribution >= 4 is 17.2 Å². The Kier molecular flexibility index (Phi) is 4.90. The molecule has 0 aliphatic carbocycles. The van der Waals surface area contributed by atoms with Crippen LogP contribution in [0.1, 0.15) is 25.0 Å². The SMILES string of the molecule is NC(=S)c1ccc(OCCN2CCCCC2)cn1. The summed E-state index contributed by atoms with van der Waals surface area (Å²) < 4.78 is 5.66. The highest BCUT2D eigenvalue weighted by Gasteiger charge is 2.09. The van der Waals surface area contributed by atoms with E-state index in [-0.39, 0.29) is 0 Å². The largest absolute Gasteiger partial charge is 0.491 e. The van der Waals surface area contributed by atoms with Crippen molar-refractivity contribution in [3.8, 4) is 5.75 Å². The third-order valence-electron chi connectivity index (χ3n) is 3.11. The second-order valence-electron chi connectivity index (χ2n) is 4.49. The molecule has 1 fully saturated rings. The van der Waals surface area contributed by atoms with Crippen LogP contribution in [-0.4, -0.2) is 41.1 Å². The van der Waals surface area contributed by atoms with E-state index in [2.05, 4.69) is 9.88 Å². The Morgan fingerprint density at radius 2 is 2.11 bits per heavy atom. The molecule has 5 heteroatoms. The monoisotopic (exact) mass is 265 g/mol. The van der Waals surface area contributed by atoms with Gasteiger partial charge in [-0.15, -0.1) is 0 Å². The van der Waals surface area contributed by atoms with Gasteiger partial charge in [0.1, 0.15) is 17.3 Å². The van der Waals surface area contributed by atoms with Crippen molar-refractivity contribution in [2.24, 2.45) is 5.73 Å². The summed E-state index contributed by atoms with van der Waals surface area (Å²) in [5.74, 6) is 0.770. The molecule has 1 aromatic rings. The molecule has 0 amide bonds. The normalized spacial score (nSPS) is 16.4. The number of nitrogens with two attached hydrogens (primary N) is 1. The van der Waals surface area contributed by atoms with Gasteiger partial charge in [0.05, 0.1) is 11.9 Å². The molecule has 1 aliphatic rings. The topological polar surface area (TPSA) is 51.4 Å². The lowest BCUT2D eigenvalue weighted by Gasteiger charge is -2.26. The fourth-order valence-corrected chi connectivity index (χ4v) is 2.21. The van der Waals surface area contributed by atoms with Crippen LogP contribution in [0.15, 0.2) is 18.3 Å². The van der Waals surface area contributed by atoms with Gasteiger partial charge in [0.25, 0.3) is 0 Å². The molecule has 0 saturated carbocycles. The summed E-state index contributed by atoms with van der Waals surface area (Å²) in [5, 5.41) is 0. The van der Waals surface area contributed by atoms with Crippen LogP contribution in [0, 0.1) is 0 Å². The van der Waals surface area contributed by atoms with E-state index in [0.717, 1.165) is 12.3 Å². The quantitative estimate of drug-likeness (QED) is 0.819. The zero-order chi connectivity index (χ0) is 12.8. The van der Waals surface area contributed by atoms with Crippen LogP contribution in [-0.2, 0) is 0 Å². The molecule has 0 bridgehead atoms. The van der Waals surface area contributed by atoms with Crippen LogP contribution >= 0.6 is 12.2 Å². The molecule has 4 nitrogen and oxygen atoms in total. The summed E-state index contributed by atoms with van der Waals surface area (Å²) >= 11 is 4.85. The Morgan fingerprint density at radius 1 is 1.33 bits per heavy atom. The number of ether oxygens (including phenoxy) is 1. The van der Waals surface area contributed by atoms with Crippen LogP contribution in [0.2, 0.25) is 0 Å². The van der Waals surface area contributed by atoms with Gasteiger partial charge in [-0.05, 0) is 38.1 Å². The Hall–Kier alpha value is -1.20. The zero-order valence-electron chi connectivity index (χ0n) is 10.5. The van der Waals surface area contributed by atoms with Crippen molar-refractivity contribution in [2.45, 2.75) is 19.3 Å². The van der Waals surface area contributed by atoms with Crippen molar-refractivity contribution in [1.29, 1.82) is 0 Å². The number of aromatic nitrogens is 1. The minimum absolute atomic E-state index is 0.315. The molecule has 1 aromatic heterocycles. The van der Waals surface area contributed by atoms with Crippen molar-refractivity contribution in [1.82, 2.24) is 9.88 Å². The highest BCUT2D eigenvalue weighted by atomic mass is 32.1. The lowest BCUT2D eigenvalue weighted by molar-refractivity contribution is 0.183. The number of rotatable bonds is 5. The molecule has 98 valence electrons. The zero-order valence-corrected chi connectivity index (χ0v) is 11.3. The van der Waals surface area contributed by atoms with Gasteiger partial charge >= 0.3 is 0 Å². The summed E-state index contributed by atoms with van der Waals surface area (Å²) in [5.41, 5.74) is 6.12. The smallest absolute Gasteiger partial charge is 0.137 e. The summed E-state index contributed by atoms with van der Waals surface area (Å²) in [6.07, 6.45) is 5.65.